The van der Waals surface area contributed by atoms with Crippen LogP contribution in [-0.2, 0) is 28.6 Å². The van der Waals surface area contributed by atoms with E-state index in [9.17, 15) is 14.4 Å². The van der Waals surface area contributed by atoms with Gasteiger partial charge in [0.15, 0.2) is 6.10 Å². The lowest BCUT2D eigenvalue weighted by Gasteiger charge is -2.18. The van der Waals surface area contributed by atoms with Gasteiger partial charge in [0.2, 0.25) is 0 Å². The molecule has 0 amide bonds. The molecule has 1 unspecified atom stereocenters. The van der Waals surface area contributed by atoms with Crippen molar-refractivity contribution >= 4 is 17.9 Å². The van der Waals surface area contributed by atoms with Crippen LogP contribution in [0.3, 0.4) is 0 Å². The first-order chi connectivity index (χ1) is 30.5. The molecule has 62 heavy (non-hydrogen) atoms. The standard InChI is InChI=1S/C56H90O6/c1-4-7-10-13-16-19-22-25-26-27-28-29-32-34-37-40-43-46-49-55(58)61-52-53(62-56(59)50-47-44-41-38-35-31-24-21-18-15-12-9-6-3)51-60-54(57)48-45-42-39-36-33-30-23-20-17-14-11-8-5-2/h9-10,12-13,15-16,18-19,21-22,24-29,31,35,53H,4-8,11,14,17,20,23,30,32-34,36-52H2,1-3H3/b12-9+,13-10+,18-15+,19-16+,24-21+,25-22+,27-26+,29-28+,35-31+. The van der Waals surface area contributed by atoms with Crippen molar-refractivity contribution in [1.29, 1.82) is 0 Å². The van der Waals surface area contributed by atoms with E-state index in [0.717, 1.165) is 89.9 Å². The fraction of sp³-hybridized carbons (Fsp3) is 0.625. The van der Waals surface area contributed by atoms with Gasteiger partial charge in [0.25, 0.3) is 0 Å². The van der Waals surface area contributed by atoms with Crippen molar-refractivity contribution in [2.45, 2.75) is 213 Å². The lowest BCUT2D eigenvalue weighted by atomic mass is 10.0. The van der Waals surface area contributed by atoms with Gasteiger partial charge in [0.1, 0.15) is 13.2 Å². The van der Waals surface area contributed by atoms with E-state index < -0.39 is 6.10 Å². The Morgan fingerprint density at radius 2 is 0.661 bits per heavy atom. The zero-order valence-corrected chi connectivity index (χ0v) is 39.8. The van der Waals surface area contributed by atoms with Crippen molar-refractivity contribution in [3.05, 3.63) is 109 Å². The van der Waals surface area contributed by atoms with Crippen LogP contribution < -0.4 is 0 Å². The highest BCUT2D eigenvalue weighted by Crippen LogP contribution is 2.14. The summed E-state index contributed by atoms with van der Waals surface area (Å²) in [4.78, 5) is 37.9. The Hall–Kier alpha value is -3.93. The van der Waals surface area contributed by atoms with Crippen LogP contribution in [0.15, 0.2) is 109 Å². The summed E-state index contributed by atoms with van der Waals surface area (Å²) in [6.45, 7) is 6.34. The summed E-state index contributed by atoms with van der Waals surface area (Å²) in [5.41, 5.74) is 0. The molecule has 0 aromatic heterocycles. The second-order valence-electron chi connectivity index (χ2n) is 16.2. The topological polar surface area (TPSA) is 78.9 Å². The van der Waals surface area contributed by atoms with E-state index in [1.165, 1.54) is 70.6 Å². The van der Waals surface area contributed by atoms with Crippen LogP contribution in [0.25, 0.3) is 0 Å². The van der Waals surface area contributed by atoms with Crippen molar-refractivity contribution < 1.29 is 28.6 Å². The Labute approximate surface area is 380 Å². The predicted octanol–water partition coefficient (Wildman–Crippen LogP) is 16.4. The lowest BCUT2D eigenvalue weighted by molar-refractivity contribution is -0.167. The number of allylic oxidation sites excluding steroid dienone is 18. The Balaban J connectivity index is 4.50. The number of rotatable bonds is 43. The van der Waals surface area contributed by atoms with Crippen molar-refractivity contribution in [2.75, 3.05) is 13.2 Å². The number of esters is 3. The Kier molecular flexibility index (Phi) is 46.6. The maximum Gasteiger partial charge on any atom is 0.306 e. The van der Waals surface area contributed by atoms with E-state index in [-0.39, 0.29) is 37.5 Å². The molecule has 0 aromatic rings. The van der Waals surface area contributed by atoms with Gasteiger partial charge >= 0.3 is 17.9 Å². The predicted molar refractivity (Wildman–Crippen MR) is 265 cm³/mol. The highest BCUT2D eigenvalue weighted by Gasteiger charge is 2.19. The first-order valence-corrected chi connectivity index (χ1v) is 25.0. The zero-order chi connectivity index (χ0) is 45.1. The largest absolute Gasteiger partial charge is 0.462 e. The van der Waals surface area contributed by atoms with Crippen molar-refractivity contribution in [2.24, 2.45) is 0 Å². The van der Waals surface area contributed by atoms with Crippen molar-refractivity contribution in [1.82, 2.24) is 0 Å². The molecule has 0 spiro atoms. The Bertz CT molecular complexity index is 1310. The Morgan fingerprint density at radius 1 is 0.339 bits per heavy atom. The van der Waals surface area contributed by atoms with Crippen LogP contribution in [-0.4, -0.2) is 37.2 Å². The SMILES string of the molecule is CC/C=C/C=C/C=C/C=C/CCCCCC(=O)OC(COC(=O)CCCCCCC/C=C/C=C/C=C/C=C/C=C/CCC)COC(=O)CCCCCCCCCCCCCCC. The molecule has 0 saturated heterocycles. The first-order valence-electron chi connectivity index (χ1n) is 25.0. The van der Waals surface area contributed by atoms with Gasteiger partial charge in [-0.1, -0.05) is 239 Å². The lowest BCUT2D eigenvalue weighted by Crippen LogP contribution is -2.30. The molecule has 0 saturated carbocycles. The molecule has 0 bridgehead atoms. The average Bonchev–Trinajstić information content (AvgIpc) is 3.27. The molecule has 6 nitrogen and oxygen atoms in total. The van der Waals surface area contributed by atoms with E-state index in [1.807, 2.05) is 72.9 Å². The van der Waals surface area contributed by atoms with Gasteiger partial charge in [-0.05, 0) is 57.8 Å². The number of ether oxygens (including phenoxy) is 3. The smallest absolute Gasteiger partial charge is 0.306 e. The fourth-order valence-corrected chi connectivity index (χ4v) is 6.48. The summed E-state index contributed by atoms with van der Waals surface area (Å²) in [6, 6.07) is 0. The van der Waals surface area contributed by atoms with Crippen LogP contribution in [0.4, 0.5) is 0 Å². The van der Waals surface area contributed by atoms with Crippen LogP contribution in [0.1, 0.15) is 207 Å². The third kappa shape index (κ3) is 47.1. The third-order valence-corrected chi connectivity index (χ3v) is 10.2. The number of unbranched alkanes of at least 4 members (excludes halogenated alkanes) is 21. The molecule has 0 aliphatic carbocycles. The minimum Gasteiger partial charge on any atom is -0.462 e. The molecule has 0 radical (unpaired) electrons. The Morgan fingerprint density at radius 3 is 1.06 bits per heavy atom. The molecule has 0 aliphatic rings. The van der Waals surface area contributed by atoms with E-state index in [1.54, 1.807) is 0 Å². The number of carbonyl (C=O) groups excluding carboxylic acids is 3. The minimum atomic E-state index is -0.809. The second-order valence-corrected chi connectivity index (χ2v) is 16.2. The zero-order valence-electron chi connectivity index (χ0n) is 39.8. The van der Waals surface area contributed by atoms with Crippen LogP contribution in [0.2, 0.25) is 0 Å². The van der Waals surface area contributed by atoms with Gasteiger partial charge < -0.3 is 14.2 Å². The quantitative estimate of drug-likeness (QED) is 0.0263. The summed E-state index contributed by atoms with van der Waals surface area (Å²) >= 11 is 0. The molecule has 0 heterocycles. The molecule has 0 aliphatic heterocycles. The fourth-order valence-electron chi connectivity index (χ4n) is 6.48. The van der Waals surface area contributed by atoms with E-state index in [4.69, 9.17) is 14.2 Å². The summed E-state index contributed by atoms with van der Waals surface area (Å²) in [5.74, 6) is -0.974. The average molecular weight is 859 g/mol. The van der Waals surface area contributed by atoms with Crippen molar-refractivity contribution in [3.8, 4) is 0 Å². The monoisotopic (exact) mass is 859 g/mol. The van der Waals surface area contributed by atoms with E-state index >= 15 is 0 Å². The first kappa shape index (κ1) is 58.1. The highest BCUT2D eigenvalue weighted by molar-refractivity contribution is 5.71. The molecule has 0 N–H and O–H groups in total. The van der Waals surface area contributed by atoms with Crippen molar-refractivity contribution in [3.63, 3.8) is 0 Å². The normalized spacial score (nSPS) is 13.0. The second kappa shape index (κ2) is 49.7. The van der Waals surface area contributed by atoms with Gasteiger partial charge in [0, 0.05) is 19.3 Å². The van der Waals surface area contributed by atoms with Gasteiger partial charge in [-0.15, -0.1) is 0 Å². The maximum absolute atomic E-state index is 12.8. The third-order valence-electron chi connectivity index (χ3n) is 10.2. The van der Waals surface area contributed by atoms with Crippen LogP contribution in [0, 0.1) is 0 Å². The van der Waals surface area contributed by atoms with E-state index in [2.05, 4.69) is 57.2 Å². The minimum absolute atomic E-state index is 0.103. The molecule has 0 aromatic carbocycles. The maximum atomic E-state index is 12.8. The summed E-state index contributed by atoms with van der Waals surface area (Å²) in [6.07, 6.45) is 66.3. The summed E-state index contributed by atoms with van der Waals surface area (Å²) in [7, 11) is 0. The number of hydrogen-bond donors (Lipinski definition) is 0. The molecular weight excluding hydrogens is 769 g/mol. The molecule has 350 valence electrons. The molecule has 0 fully saturated rings. The van der Waals surface area contributed by atoms with Gasteiger partial charge in [-0.25, -0.2) is 0 Å². The van der Waals surface area contributed by atoms with Gasteiger partial charge in [0.05, 0.1) is 0 Å². The van der Waals surface area contributed by atoms with Gasteiger partial charge in [-0.2, -0.15) is 0 Å². The highest BCUT2D eigenvalue weighted by atomic mass is 16.6. The molecule has 6 heteroatoms. The van der Waals surface area contributed by atoms with E-state index in [0.29, 0.717) is 19.3 Å². The molecular formula is C56H90O6. The van der Waals surface area contributed by atoms with Crippen LogP contribution in [0.5, 0.6) is 0 Å². The summed E-state index contributed by atoms with van der Waals surface area (Å²) in [5, 5.41) is 0. The molecule has 0 rings (SSSR count). The number of hydrogen-bond acceptors (Lipinski definition) is 6. The van der Waals surface area contributed by atoms with Gasteiger partial charge in [-0.3, -0.25) is 14.4 Å². The summed E-state index contributed by atoms with van der Waals surface area (Å²) < 4.78 is 16.7. The van der Waals surface area contributed by atoms with Crippen LogP contribution >= 0.6 is 0 Å². The molecule has 1 atom stereocenters. The number of carbonyl (C=O) groups is 3.